The second kappa shape index (κ2) is 25.9. The molecule has 9 heteroatoms. The summed E-state index contributed by atoms with van der Waals surface area (Å²) in [5.74, 6) is -0.595. The van der Waals surface area contributed by atoms with Crippen molar-refractivity contribution in [2.24, 2.45) is 0 Å². The van der Waals surface area contributed by atoms with Gasteiger partial charge in [-0.15, -0.1) is 0 Å². The van der Waals surface area contributed by atoms with E-state index in [-0.39, 0.29) is 31.6 Å². The van der Waals surface area contributed by atoms with Crippen molar-refractivity contribution in [2.75, 3.05) is 53.5 Å². The number of carbonyl (C=O) groups excluding carboxylic acids is 3. The Kier molecular flexibility index (Phi) is 23.2. The van der Waals surface area contributed by atoms with E-state index < -0.39 is 5.97 Å². The van der Waals surface area contributed by atoms with E-state index in [1.54, 1.807) is 18.3 Å². The molecule has 1 aromatic heterocycles. The van der Waals surface area contributed by atoms with Crippen molar-refractivity contribution in [3.63, 3.8) is 0 Å². The van der Waals surface area contributed by atoms with E-state index in [0.717, 1.165) is 19.4 Å². The number of unbranched alkanes of at least 4 members (excludes halogenated alkanes) is 12. The van der Waals surface area contributed by atoms with Crippen LogP contribution in [0.25, 0.3) is 0 Å². The van der Waals surface area contributed by atoms with Crippen molar-refractivity contribution in [1.82, 2.24) is 20.1 Å². The number of nitrogens with one attached hydrogen (secondary N) is 1. The Labute approximate surface area is 261 Å². The predicted molar refractivity (Wildman–Crippen MR) is 173 cm³/mol. The molecule has 0 fully saturated rings. The van der Waals surface area contributed by atoms with Crippen LogP contribution in [0.1, 0.15) is 126 Å². The summed E-state index contributed by atoms with van der Waals surface area (Å²) >= 11 is 0. The number of esters is 2. The molecule has 1 amide bonds. The third kappa shape index (κ3) is 20.9. The van der Waals surface area contributed by atoms with Crippen LogP contribution in [0, 0.1) is 0 Å². The Bertz CT molecular complexity index is 880. The van der Waals surface area contributed by atoms with Crippen molar-refractivity contribution in [1.29, 1.82) is 0 Å². The van der Waals surface area contributed by atoms with Crippen LogP contribution < -0.4 is 5.32 Å². The summed E-state index contributed by atoms with van der Waals surface area (Å²) in [5.41, 5.74) is 1.05. The Hall–Kier alpha value is -2.52. The number of pyridine rings is 1. The van der Waals surface area contributed by atoms with Gasteiger partial charge in [-0.05, 0) is 39.6 Å². The molecule has 246 valence electrons. The lowest BCUT2D eigenvalue weighted by molar-refractivity contribution is -0.144. The third-order valence-corrected chi connectivity index (χ3v) is 7.46. The first-order valence-electron chi connectivity index (χ1n) is 16.8. The first-order valence-corrected chi connectivity index (χ1v) is 16.8. The highest BCUT2D eigenvalue weighted by Gasteiger charge is 2.13. The summed E-state index contributed by atoms with van der Waals surface area (Å²) in [7, 11) is 3.97. The SMILES string of the molecule is CCCCCCCCCCCCCCCC(=O)OCCCOC(=O)c1ccnc(CNCC(=O)N(CC)CCN(C)C)c1. The second-order valence-corrected chi connectivity index (χ2v) is 11.6. The van der Waals surface area contributed by atoms with E-state index in [2.05, 4.69) is 17.2 Å². The number of amides is 1. The first kappa shape index (κ1) is 38.5. The van der Waals surface area contributed by atoms with Gasteiger partial charge < -0.3 is 24.6 Å². The normalized spacial score (nSPS) is 11.1. The standard InChI is InChI=1S/C34H60N4O5/c1-5-7-8-9-10-11-12-13-14-15-16-17-18-20-33(40)42-25-19-26-43-34(41)30-21-22-36-31(27-30)28-35-29-32(39)38(6-2)24-23-37(3)4/h21-22,27,35H,5-20,23-26,28-29H2,1-4H3. The Balaban J connectivity index is 2.08. The van der Waals surface area contributed by atoms with Gasteiger partial charge >= 0.3 is 11.9 Å². The van der Waals surface area contributed by atoms with Crippen LogP contribution in [0.4, 0.5) is 0 Å². The molecule has 0 aliphatic rings. The van der Waals surface area contributed by atoms with Crippen LogP contribution in [-0.4, -0.2) is 86.1 Å². The van der Waals surface area contributed by atoms with Gasteiger partial charge in [-0.2, -0.15) is 0 Å². The molecule has 0 radical (unpaired) electrons. The number of hydrogen-bond donors (Lipinski definition) is 1. The zero-order chi connectivity index (χ0) is 31.5. The maximum Gasteiger partial charge on any atom is 0.338 e. The topological polar surface area (TPSA) is 101 Å². The molecule has 0 aromatic carbocycles. The van der Waals surface area contributed by atoms with Gasteiger partial charge in [-0.1, -0.05) is 84.0 Å². The summed E-state index contributed by atoms with van der Waals surface area (Å²) in [4.78, 5) is 45.0. The smallest absolute Gasteiger partial charge is 0.338 e. The minimum atomic E-state index is -0.445. The Morgan fingerprint density at radius 1 is 0.791 bits per heavy atom. The van der Waals surface area contributed by atoms with Gasteiger partial charge in [0.1, 0.15) is 0 Å². The maximum atomic E-state index is 12.4. The van der Waals surface area contributed by atoms with Crippen LogP contribution >= 0.6 is 0 Å². The van der Waals surface area contributed by atoms with Crippen molar-refractivity contribution < 1.29 is 23.9 Å². The zero-order valence-electron chi connectivity index (χ0n) is 27.7. The molecule has 0 saturated heterocycles. The van der Waals surface area contributed by atoms with Gasteiger partial charge in [-0.25, -0.2) is 4.79 Å². The predicted octanol–water partition coefficient (Wildman–Crippen LogP) is 6.15. The van der Waals surface area contributed by atoms with Gasteiger partial charge in [0, 0.05) is 45.2 Å². The second-order valence-electron chi connectivity index (χ2n) is 11.6. The molecular weight excluding hydrogens is 544 g/mol. The van der Waals surface area contributed by atoms with Crippen molar-refractivity contribution in [2.45, 2.75) is 117 Å². The average molecular weight is 605 g/mol. The molecule has 0 aliphatic heterocycles. The lowest BCUT2D eigenvalue weighted by Crippen LogP contribution is -2.41. The average Bonchev–Trinajstić information content (AvgIpc) is 2.99. The van der Waals surface area contributed by atoms with Crippen LogP contribution in [0.3, 0.4) is 0 Å². The van der Waals surface area contributed by atoms with Gasteiger partial charge in [0.2, 0.25) is 5.91 Å². The van der Waals surface area contributed by atoms with E-state index >= 15 is 0 Å². The molecule has 0 saturated carbocycles. The fourth-order valence-electron chi connectivity index (χ4n) is 4.74. The third-order valence-electron chi connectivity index (χ3n) is 7.46. The fraction of sp³-hybridized carbons (Fsp3) is 0.765. The minimum Gasteiger partial charge on any atom is -0.466 e. The van der Waals surface area contributed by atoms with Crippen LogP contribution in [0.2, 0.25) is 0 Å². The summed E-state index contributed by atoms with van der Waals surface area (Å²) in [5, 5.41) is 3.11. The molecule has 1 rings (SSSR count). The zero-order valence-corrected chi connectivity index (χ0v) is 27.7. The highest BCUT2D eigenvalue weighted by atomic mass is 16.5. The number of likely N-dealkylation sites (N-methyl/N-ethyl adjacent to an activating group) is 2. The Morgan fingerprint density at radius 2 is 1.40 bits per heavy atom. The number of rotatable bonds is 27. The highest BCUT2D eigenvalue weighted by Crippen LogP contribution is 2.13. The van der Waals surface area contributed by atoms with Crippen LogP contribution in [-0.2, 0) is 25.6 Å². The minimum absolute atomic E-state index is 0.0324. The molecule has 9 nitrogen and oxygen atoms in total. The largest absolute Gasteiger partial charge is 0.466 e. The molecule has 1 aromatic rings. The highest BCUT2D eigenvalue weighted by molar-refractivity contribution is 5.89. The van der Waals surface area contributed by atoms with Crippen LogP contribution in [0.5, 0.6) is 0 Å². The van der Waals surface area contributed by atoms with E-state index in [4.69, 9.17) is 9.47 Å². The number of nitrogens with zero attached hydrogens (tertiary/aromatic N) is 3. The monoisotopic (exact) mass is 604 g/mol. The summed E-state index contributed by atoms with van der Waals surface area (Å²) in [6.07, 6.45) is 19.0. The molecule has 43 heavy (non-hydrogen) atoms. The van der Waals surface area contributed by atoms with Crippen molar-refractivity contribution >= 4 is 17.8 Å². The lowest BCUT2D eigenvalue weighted by Gasteiger charge is -2.23. The molecule has 1 N–H and O–H groups in total. The Morgan fingerprint density at radius 3 is 2.00 bits per heavy atom. The maximum absolute atomic E-state index is 12.4. The number of aromatic nitrogens is 1. The van der Waals surface area contributed by atoms with E-state index in [1.165, 1.54) is 70.6 Å². The summed E-state index contributed by atoms with van der Waals surface area (Å²) in [6.45, 7) is 7.37. The molecule has 0 spiro atoms. The molecular formula is C34H60N4O5. The summed E-state index contributed by atoms with van der Waals surface area (Å²) < 4.78 is 10.6. The number of ether oxygens (including phenoxy) is 2. The number of hydrogen-bond acceptors (Lipinski definition) is 8. The van der Waals surface area contributed by atoms with Crippen molar-refractivity contribution in [3.8, 4) is 0 Å². The molecule has 0 unspecified atom stereocenters. The van der Waals surface area contributed by atoms with Gasteiger partial charge in [-0.3, -0.25) is 14.6 Å². The quantitative estimate of drug-likeness (QED) is 0.0942. The molecule has 0 atom stereocenters. The number of carbonyl (C=O) groups is 3. The van der Waals surface area contributed by atoms with E-state index in [1.807, 2.05) is 30.8 Å². The van der Waals surface area contributed by atoms with E-state index in [0.29, 0.717) is 43.7 Å². The lowest BCUT2D eigenvalue weighted by atomic mass is 10.0. The van der Waals surface area contributed by atoms with E-state index in [9.17, 15) is 14.4 Å². The van der Waals surface area contributed by atoms with Gasteiger partial charge in [0.05, 0.1) is 31.0 Å². The van der Waals surface area contributed by atoms with Gasteiger partial charge in [0.15, 0.2) is 0 Å². The molecule has 1 heterocycles. The van der Waals surface area contributed by atoms with Crippen molar-refractivity contribution in [3.05, 3.63) is 29.6 Å². The molecule has 0 aliphatic carbocycles. The summed E-state index contributed by atoms with van der Waals surface area (Å²) in [6, 6.07) is 3.27. The fourth-order valence-corrected chi connectivity index (χ4v) is 4.74. The van der Waals surface area contributed by atoms with Crippen LogP contribution in [0.15, 0.2) is 18.3 Å². The molecule has 0 bridgehead atoms. The van der Waals surface area contributed by atoms with Gasteiger partial charge in [0.25, 0.3) is 0 Å². The first-order chi connectivity index (χ1) is 20.9.